The van der Waals surface area contributed by atoms with Crippen LogP contribution >= 0.6 is 36.4 Å². The first kappa shape index (κ1) is 21.6. The maximum absolute atomic E-state index is 10.0. The third kappa shape index (κ3) is 5.74. The summed E-state index contributed by atoms with van der Waals surface area (Å²) in [6.07, 6.45) is 0.280. The average Bonchev–Trinajstić information content (AvgIpc) is 2.38. The lowest BCUT2D eigenvalue weighted by molar-refractivity contribution is 0.170. The van der Waals surface area contributed by atoms with E-state index >= 15 is 0 Å². The van der Waals surface area contributed by atoms with Gasteiger partial charge in [-0.25, -0.2) is 0 Å². The van der Waals surface area contributed by atoms with Crippen molar-refractivity contribution in [1.29, 1.82) is 5.26 Å². The van der Waals surface area contributed by atoms with Gasteiger partial charge in [-0.2, -0.15) is 5.26 Å². The van der Waals surface area contributed by atoms with Crippen LogP contribution in [-0.2, 0) is 0 Å². The van der Waals surface area contributed by atoms with Gasteiger partial charge in [-0.15, -0.1) is 24.8 Å². The minimum atomic E-state index is -0.704. The first-order valence-corrected chi connectivity index (χ1v) is 6.27. The molecule has 0 radical (unpaired) electrons. The number of nitriles is 1. The molecule has 0 spiro atoms. The molecule has 0 amide bonds. The summed E-state index contributed by atoms with van der Waals surface area (Å²) in [5.74, 6) is 0. The highest BCUT2D eigenvalue weighted by atomic mass is 35.5. The van der Waals surface area contributed by atoms with Gasteiger partial charge in [0.25, 0.3) is 0 Å². The summed E-state index contributed by atoms with van der Waals surface area (Å²) >= 11 is 5.92. The van der Waals surface area contributed by atoms with Crippen LogP contribution in [0.5, 0.6) is 0 Å². The molecular weight excluding hydrogens is 321 g/mol. The zero-order valence-electron chi connectivity index (χ0n) is 11.4. The van der Waals surface area contributed by atoms with E-state index in [9.17, 15) is 5.11 Å². The highest BCUT2D eigenvalue weighted by molar-refractivity contribution is 6.33. The monoisotopic (exact) mass is 339 g/mol. The molecule has 0 aliphatic rings. The highest BCUT2D eigenvalue weighted by Crippen LogP contribution is 2.27. The number of aliphatic hydroxyl groups is 1. The number of hydrogen-bond donors (Lipinski definition) is 3. The van der Waals surface area contributed by atoms with Crippen LogP contribution in [0.4, 0.5) is 5.69 Å². The molecule has 2 atom stereocenters. The standard InChI is InChI=1S/C13H18ClN3O.2ClH/c1-3-8(2)17-7-12(18)9-4-10(6-15)13(16)11(14)5-9;;/h4-5,8,12,17-18H,3,7,16H2,1-2H3;2*1H. The van der Waals surface area contributed by atoms with Gasteiger partial charge in [0.2, 0.25) is 0 Å². The maximum atomic E-state index is 10.0. The molecule has 1 rings (SSSR count). The lowest BCUT2D eigenvalue weighted by Crippen LogP contribution is -2.29. The van der Waals surface area contributed by atoms with E-state index in [4.69, 9.17) is 22.6 Å². The second kappa shape index (κ2) is 10.1. The molecule has 7 heteroatoms. The Morgan fingerprint density at radius 1 is 1.45 bits per heavy atom. The van der Waals surface area contributed by atoms with E-state index in [-0.39, 0.29) is 30.5 Å². The Morgan fingerprint density at radius 3 is 2.55 bits per heavy atom. The Morgan fingerprint density at radius 2 is 2.05 bits per heavy atom. The predicted octanol–water partition coefficient (Wildman–Crippen LogP) is 3.06. The van der Waals surface area contributed by atoms with Gasteiger partial charge in [0, 0.05) is 12.6 Å². The molecule has 2 unspecified atom stereocenters. The van der Waals surface area contributed by atoms with Gasteiger partial charge in [-0.3, -0.25) is 0 Å². The van der Waals surface area contributed by atoms with Gasteiger partial charge in [0.05, 0.1) is 22.4 Å². The average molecular weight is 341 g/mol. The normalized spacial score (nSPS) is 12.6. The van der Waals surface area contributed by atoms with Crippen molar-refractivity contribution in [1.82, 2.24) is 5.32 Å². The van der Waals surface area contributed by atoms with Gasteiger partial charge in [0.15, 0.2) is 0 Å². The Balaban J connectivity index is 0. The van der Waals surface area contributed by atoms with Crippen LogP contribution in [0.2, 0.25) is 5.02 Å². The van der Waals surface area contributed by atoms with Crippen molar-refractivity contribution in [2.24, 2.45) is 0 Å². The molecule has 0 aromatic heterocycles. The quantitative estimate of drug-likeness (QED) is 0.719. The molecular formula is C13H20Cl3N3O. The fraction of sp³-hybridized carbons (Fsp3) is 0.462. The first-order valence-electron chi connectivity index (χ1n) is 5.90. The largest absolute Gasteiger partial charge is 0.396 e. The van der Waals surface area contributed by atoms with Crippen LogP contribution in [0.15, 0.2) is 12.1 Å². The highest BCUT2D eigenvalue weighted by Gasteiger charge is 2.13. The molecule has 0 bridgehead atoms. The van der Waals surface area contributed by atoms with Crippen LogP contribution < -0.4 is 11.1 Å². The Kier molecular flexibility index (Phi) is 10.9. The summed E-state index contributed by atoms with van der Waals surface area (Å²) in [6, 6.07) is 5.47. The summed E-state index contributed by atoms with van der Waals surface area (Å²) in [5.41, 5.74) is 6.80. The van der Waals surface area contributed by atoms with Crippen LogP contribution in [-0.4, -0.2) is 17.7 Å². The Hall–Kier alpha value is -0.700. The summed E-state index contributed by atoms with van der Waals surface area (Å²) in [7, 11) is 0. The number of nitrogen functional groups attached to an aromatic ring is 1. The number of hydrogen-bond acceptors (Lipinski definition) is 4. The third-order valence-electron chi connectivity index (χ3n) is 2.93. The molecule has 4 nitrogen and oxygen atoms in total. The Labute approximate surface area is 137 Å². The third-order valence-corrected chi connectivity index (χ3v) is 3.24. The van der Waals surface area contributed by atoms with E-state index < -0.39 is 6.10 Å². The fourth-order valence-corrected chi connectivity index (χ4v) is 1.73. The maximum Gasteiger partial charge on any atom is 0.101 e. The molecule has 0 fully saturated rings. The van der Waals surface area contributed by atoms with Gasteiger partial charge in [-0.1, -0.05) is 18.5 Å². The SMILES string of the molecule is CCC(C)NCC(O)c1cc(Cl)c(N)c(C#N)c1.Cl.Cl. The second-order valence-corrected chi connectivity index (χ2v) is 4.72. The molecule has 4 N–H and O–H groups in total. The predicted molar refractivity (Wildman–Crippen MR) is 87.8 cm³/mol. The van der Waals surface area contributed by atoms with E-state index in [2.05, 4.69) is 12.2 Å². The second-order valence-electron chi connectivity index (χ2n) is 4.31. The number of nitrogens with zero attached hydrogens (tertiary/aromatic N) is 1. The first-order chi connectivity index (χ1) is 8.49. The van der Waals surface area contributed by atoms with E-state index in [0.29, 0.717) is 28.7 Å². The van der Waals surface area contributed by atoms with E-state index in [1.54, 1.807) is 12.1 Å². The number of aliphatic hydroxyl groups excluding tert-OH is 1. The smallest absolute Gasteiger partial charge is 0.101 e. The molecule has 0 aliphatic heterocycles. The van der Waals surface area contributed by atoms with Gasteiger partial charge >= 0.3 is 0 Å². The molecule has 0 aliphatic carbocycles. The van der Waals surface area contributed by atoms with Crippen molar-refractivity contribution >= 4 is 42.1 Å². The summed E-state index contributed by atoms with van der Waals surface area (Å²) in [5, 5.41) is 22.4. The lowest BCUT2D eigenvalue weighted by atomic mass is 10.0. The van der Waals surface area contributed by atoms with E-state index in [0.717, 1.165) is 6.42 Å². The molecule has 1 aromatic carbocycles. The van der Waals surface area contributed by atoms with Gasteiger partial charge in [-0.05, 0) is 31.0 Å². The van der Waals surface area contributed by atoms with E-state index in [1.807, 2.05) is 13.0 Å². The number of benzene rings is 1. The van der Waals surface area contributed by atoms with Crippen LogP contribution in [0.1, 0.15) is 37.5 Å². The van der Waals surface area contributed by atoms with Crippen molar-refractivity contribution in [2.75, 3.05) is 12.3 Å². The number of rotatable bonds is 5. The zero-order chi connectivity index (χ0) is 13.7. The molecule has 0 saturated carbocycles. The fourth-order valence-electron chi connectivity index (χ4n) is 1.50. The van der Waals surface area contributed by atoms with E-state index in [1.165, 1.54) is 0 Å². The zero-order valence-corrected chi connectivity index (χ0v) is 13.8. The molecule has 20 heavy (non-hydrogen) atoms. The van der Waals surface area contributed by atoms with Crippen molar-refractivity contribution in [3.05, 3.63) is 28.3 Å². The minimum absolute atomic E-state index is 0. The number of nitrogens with two attached hydrogens (primary N) is 1. The molecule has 114 valence electrons. The summed E-state index contributed by atoms with van der Waals surface area (Å²) < 4.78 is 0. The van der Waals surface area contributed by atoms with Crippen LogP contribution in [0, 0.1) is 11.3 Å². The topological polar surface area (TPSA) is 82.1 Å². The van der Waals surface area contributed by atoms with Crippen molar-refractivity contribution in [2.45, 2.75) is 32.4 Å². The lowest BCUT2D eigenvalue weighted by Gasteiger charge is -2.17. The summed E-state index contributed by atoms with van der Waals surface area (Å²) in [4.78, 5) is 0. The number of anilines is 1. The molecule has 1 aromatic rings. The molecule has 0 saturated heterocycles. The van der Waals surface area contributed by atoms with Crippen molar-refractivity contribution in [3.63, 3.8) is 0 Å². The molecule has 0 heterocycles. The van der Waals surface area contributed by atoms with Crippen LogP contribution in [0.25, 0.3) is 0 Å². The minimum Gasteiger partial charge on any atom is -0.396 e. The number of halogens is 3. The number of nitrogens with one attached hydrogen (secondary N) is 1. The van der Waals surface area contributed by atoms with Gasteiger partial charge < -0.3 is 16.2 Å². The Bertz CT molecular complexity index is 463. The van der Waals surface area contributed by atoms with Gasteiger partial charge in [0.1, 0.15) is 6.07 Å². The van der Waals surface area contributed by atoms with Crippen molar-refractivity contribution < 1.29 is 5.11 Å². The van der Waals surface area contributed by atoms with Crippen molar-refractivity contribution in [3.8, 4) is 6.07 Å². The van der Waals surface area contributed by atoms with Crippen LogP contribution in [0.3, 0.4) is 0 Å². The summed E-state index contributed by atoms with van der Waals surface area (Å²) in [6.45, 7) is 4.53.